The summed E-state index contributed by atoms with van der Waals surface area (Å²) in [5, 5.41) is 0.753. The number of aryl methyl sites for hydroxylation is 1. The Morgan fingerprint density at radius 2 is 2.16 bits per heavy atom. The molecule has 0 radical (unpaired) electrons. The zero-order chi connectivity index (χ0) is 13.8. The zero-order valence-electron chi connectivity index (χ0n) is 11.1. The predicted octanol–water partition coefficient (Wildman–Crippen LogP) is 4.11. The molecule has 2 N–H and O–H groups in total. The fourth-order valence-corrected chi connectivity index (χ4v) is 2.08. The highest BCUT2D eigenvalue weighted by molar-refractivity contribution is 6.31. The maximum atomic E-state index is 6.09. The van der Waals surface area contributed by atoms with Gasteiger partial charge in [0.2, 0.25) is 5.88 Å². The summed E-state index contributed by atoms with van der Waals surface area (Å²) in [5.74, 6) is 1.27. The van der Waals surface area contributed by atoms with Crippen molar-refractivity contribution in [2.45, 2.75) is 26.3 Å². The van der Waals surface area contributed by atoms with Gasteiger partial charge >= 0.3 is 0 Å². The molecule has 1 aromatic heterocycles. The average molecular weight is 277 g/mol. The fourth-order valence-electron chi connectivity index (χ4n) is 1.83. The first-order valence-corrected chi connectivity index (χ1v) is 6.66. The lowest BCUT2D eigenvalue weighted by molar-refractivity contribution is 0.451. The number of halogens is 1. The first-order valence-electron chi connectivity index (χ1n) is 6.28. The number of hydrogen-bond acceptors (Lipinski definition) is 3. The van der Waals surface area contributed by atoms with Gasteiger partial charge in [-0.05, 0) is 43.2 Å². The number of nitrogens with two attached hydrogens (primary N) is 1. The number of benzene rings is 1. The van der Waals surface area contributed by atoms with Gasteiger partial charge in [-0.3, -0.25) is 0 Å². The van der Waals surface area contributed by atoms with E-state index >= 15 is 0 Å². The quantitative estimate of drug-likeness (QED) is 0.914. The van der Waals surface area contributed by atoms with Crippen molar-refractivity contribution in [3.63, 3.8) is 0 Å². The van der Waals surface area contributed by atoms with Crippen LogP contribution < -0.4 is 10.5 Å². The fraction of sp³-hybridized carbons (Fsp3) is 0.267. The first-order chi connectivity index (χ1) is 9.11. The van der Waals surface area contributed by atoms with E-state index in [0.29, 0.717) is 5.88 Å². The van der Waals surface area contributed by atoms with Crippen LogP contribution in [0.15, 0.2) is 36.5 Å². The summed E-state index contributed by atoms with van der Waals surface area (Å²) < 4.78 is 5.82. The smallest absolute Gasteiger partial charge is 0.223 e. The summed E-state index contributed by atoms with van der Waals surface area (Å²) in [6, 6.07) is 9.25. The van der Waals surface area contributed by atoms with Crippen LogP contribution in [0.3, 0.4) is 0 Å². The summed E-state index contributed by atoms with van der Waals surface area (Å²) in [4.78, 5) is 4.24. The van der Waals surface area contributed by atoms with Crippen molar-refractivity contribution >= 4 is 11.6 Å². The van der Waals surface area contributed by atoms with Gasteiger partial charge in [-0.1, -0.05) is 24.6 Å². The van der Waals surface area contributed by atoms with E-state index in [4.69, 9.17) is 22.1 Å². The molecule has 1 heterocycles. The minimum atomic E-state index is -0.123. The third-order valence-electron chi connectivity index (χ3n) is 2.90. The molecule has 0 aliphatic rings. The van der Waals surface area contributed by atoms with Crippen molar-refractivity contribution in [1.82, 2.24) is 4.98 Å². The van der Waals surface area contributed by atoms with Gasteiger partial charge in [0.15, 0.2) is 0 Å². The molecule has 1 atom stereocenters. The minimum absolute atomic E-state index is 0.123. The Bertz CT molecular complexity index is 570. The molecule has 0 saturated heterocycles. The van der Waals surface area contributed by atoms with E-state index in [0.717, 1.165) is 28.3 Å². The summed E-state index contributed by atoms with van der Waals surface area (Å²) in [7, 11) is 0. The normalized spacial score (nSPS) is 12.2. The number of pyridine rings is 1. The van der Waals surface area contributed by atoms with Crippen LogP contribution in [0.1, 0.15) is 31.0 Å². The number of aromatic nitrogens is 1. The number of hydrogen-bond donors (Lipinski definition) is 1. The minimum Gasteiger partial charge on any atom is -0.439 e. The third kappa shape index (κ3) is 3.25. The number of rotatable bonds is 4. The van der Waals surface area contributed by atoms with E-state index < -0.39 is 0 Å². The largest absolute Gasteiger partial charge is 0.439 e. The lowest BCUT2D eigenvalue weighted by Crippen LogP contribution is -2.07. The van der Waals surface area contributed by atoms with Gasteiger partial charge in [0.05, 0.1) is 0 Å². The van der Waals surface area contributed by atoms with Gasteiger partial charge < -0.3 is 10.5 Å². The molecule has 0 unspecified atom stereocenters. The van der Waals surface area contributed by atoms with Crippen molar-refractivity contribution < 1.29 is 4.74 Å². The number of nitrogens with zero attached hydrogens (tertiary/aromatic N) is 1. The molecule has 0 amide bonds. The Hall–Kier alpha value is -1.58. The SMILES string of the molecule is CCc1cc(Oc2ncccc2[C@H](C)N)ccc1Cl. The van der Waals surface area contributed by atoms with Gasteiger partial charge in [-0.2, -0.15) is 0 Å². The second-order valence-corrected chi connectivity index (χ2v) is 4.80. The highest BCUT2D eigenvalue weighted by Gasteiger charge is 2.10. The molecular formula is C15H17ClN2O. The Labute approximate surface area is 118 Å². The van der Waals surface area contributed by atoms with Crippen molar-refractivity contribution in [2.75, 3.05) is 0 Å². The van der Waals surface area contributed by atoms with Gasteiger partial charge in [0.25, 0.3) is 0 Å². The first kappa shape index (κ1) is 13.8. The van der Waals surface area contributed by atoms with Gasteiger partial charge in [-0.15, -0.1) is 0 Å². The van der Waals surface area contributed by atoms with Crippen LogP contribution in [-0.2, 0) is 6.42 Å². The molecular weight excluding hydrogens is 260 g/mol. The van der Waals surface area contributed by atoms with Crippen molar-refractivity contribution in [3.8, 4) is 11.6 Å². The maximum absolute atomic E-state index is 6.09. The summed E-state index contributed by atoms with van der Waals surface area (Å²) in [5.41, 5.74) is 7.85. The molecule has 4 heteroatoms. The molecule has 0 spiro atoms. The molecule has 19 heavy (non-hydrogen) atoms. The molecule has 3 nitrogen and oxygen atoms in total. The summed E-state index contributed by atoms with van der Waals surface area (Å²) in [6.45, 7) is 3.96. The molecule has 2 aromatic rings. The topological polar surface area (TPSA) is 48.1 Å². The van der Waals surface area contributed by atoms with Gasteiger partial charge in [0.1, 0.15) is 5.75 Å². The second-order valence-electron chi connectivity index (χ2n) is 4.40. The molecule has 0 fully saturated rings. The van der Waals surface area contributed by atoms with E-state index in [9.17, 15) is 0 Å². The van der Waals surface area contributed by atoms with E-state index in [1.54, 1.807) is 6.20 Å². The van der Waals surface area contributed by atoms with Crippen LogP contribution in [0, 0.1) is 0 Å². The average Bonchev–Trinajstić information content (AvgIpc) is 2.41. The van der Waals surface area contributed by atoms with Crippen LogP contribution in [0.25, 0.3) is 0 Å². The Morgan fingerprint density at radius 3 is 2.84 bits per heavy atom. The van der Waals surface area contributed by atoms with Crippen LogP contribution in [-0.4, -0.2) is 4.98 Å². The van der Waals surface area contributed by atoms with Crippen molar-refractivity contribution in [2.24, 2.45) is 5.73 Å². The molecule has 100 valence electrons. The predicted molar refractivity (Wildman–Crippen MR) is 77.7 cm³/mol. The monoisotopic (exact) mass is 276 g/mol. The Balaban J connectivity index is 2.31. The van der Waals surface area contributed by atoms with Crippen molar-refractivity contribution in [1.29, 1.82) is 0 Å². The second kappa shape index (κ2) is 6.04. The summed E-state index contributed by atoms with van der Waals surface area (Å²) in [6.07, 6.45) is 2.55. The standard InChI is InChI=1S/C15H17ClN2O/c1-3-11-9-12(6-7-14(11)16)19-15-13(10(2)17)5-4-8-18-15/h4-10H,3,17H2,1-2H3/t10-/m0/s1. The van der Waals surface area contributed by atoms with Crippen LogP contribution in [0.4, 0.5) is 0 Å². The van der Waals surface area contributed by atoms with Gasteiger partial charge in [-0.25, -0.2) is 4.98 Å². The van der Waals surface area contributed by atoms with E-state index in [-0.39, 0.29) is 6.04 Å². The highest BCUT2D eigenvalue weighted by atomic mass is 35.5. The maximum Gasteiger partial charge on any atom is 0.223 e. The summed E-state index contributed by atoms with van der Waals surface area (Å²) >= 11 is 6.09. The lowest BCUT2D eigenvalue weighted by Gasteiger charge is -2.13. The third-order valence-corrected chi connectivity index (χ3v) is 3.27. The van der Waals surface area contributed by atoms with E-state index in [1.807, 2.05) is 37.3 Å². The molecule has 0 saturated carbocycles. The van der Waals surface area contributed by atoms with E-state index in [1.165, 1.54) is 0 Å². The molecule has 0 bridgehead atoms. The Morgan fingerprint density at radius 1 is 1.37 bits per heavy atom. The Kier molecular flexibility index (Phi) is 4.40. The molecule has 0 aliphatic heterocycles. The highest BCUT2D eigenvalue weighted by Crippen LogP contribution is 2.29. The van der Waals surface area contributed by atoms with Crippen LogP contribution in [0.5, 0.6) is 11.6 Å². The molecule has 2 rings (SSSR count). The zero-order valence-corrected chi connectivity index (χ0v) is 11.8. The van der Waals surface area contributed by atoms with E-state index in [2.05, 4.69) is 11.9 Å². The molecule has 0 aliphatic carbocycles. The molecule has 1 aromatic carbocycles. The van der Waals surface area contributed by atoms with Crippen LogP contribution >= 0.6 is 11.6 Å². The van der Waals surface area contributed by atoms with Crippen molar-refractivity contribution in [3.05, 3.63) is 52.7 Å². The lowest BCUT2D eigenvalue weighted by atomic mass is 10.1. The number of ether oxygens (including phenoxy) is 1. The van der Waals surface area contributed by atoms with Gasteiger partial charge in [0, 0.05) is 22.8 Å². The van der Waals surface area contributed by atoms with Crippen LogP contribution in [0.2, 0.25) is 5.02 Å².